The highest BCUT2D eigenvalue weighted by atomic mass is 16.4. The number of carbonyl (C=O) groups is 1. The van der Waals surface area contributed by atoms with Gasteiger partial charge in [-0.1, -0.05) is 67.6 Å². The van der Waals surface area contributed by atoms with Crippen LogP contribution in [0.25, 0.3) is 11.1 Å². The van der Waals surface area contributed by atoms with Crippen molar-refractivity contribution in [1.82, 2.24) is 0 Å². The largest absolute Gasteiger partial charge is 0.507 e. The van der Waals surface area contributed by atoms with Crippen LogP contribution in [0, 0.1) is 0 Å². The molecule has 24 heavy (non-hydrogen) atoms. The molecule has 0 bridgehead atoms. The molecule has 2 N–H and O–H groups in total. The smallest absolute Gasteiger partial charge is 0.339 e. The highest BCUT2D eigenvalue weighted by Crippen LogP contribution is 2.30. The molecule has 3 aromatic carbocycles. The Morgan fingerprint density at radius 2 is 1.50 bits per heavy atom. The van der Waals surface area contributed by atoms with Crippen molar-refractivity contribution in [3.8, 4) is 16.9 Å². The van der Waals surface area contributed by atoms with Crippen molar-refractivity contribution in [2.75, 3.05) is 0 Å². The van der Waals surface area contributed by atoms with Gasteiger partial charge in [0, 0.05) is 5.92 Å². The van der Waals surface area contributed by atoms with Crippen LogP contribution in [-0.4, -0.2) is 16.2 Å². The maximum absolute atomic E-state index is 11.2. The monoisotopic (exact) mass is 318 g/mol. The van der Waals surface area contributed by atoms with E-state index in [-0.39, 0.29) is 17.2 Å². The zero-order valence-corrected chi connectivity index (χ0v) is 13.3. The standard InChI is InChI=1S/C21H18O3/c1-14(17-10-11-20(22)19(13-17)21(23)24)16-8-5-9-18(12-16)15-6-3-2-4-7-15/h2-14,22H,1H3,(H,23,24). The first-order valence-corrected chi connectivity index (χ1v) is 7.78. The Hall–Kier alpha value is -3.07. The van der Waals surface area contributed by atoms with E-state index in [0.29, 0.717) is 0 Å². The fourth-order valence-corrected chi connectivity index (χ4v) is 2.80. The molecule has 1 unspecified atom stereocenters. The molecule has 0 saturated carbocycles. The summed E-state index contributed by atoms with van der Waals surface area (Å²) in [6.07, 6.45) is 0. The molecule has 0 spiro atoms. The number of benzene rings is 3. The van der Waals surface area contributed by atoms with Crippen LogP contribution in [0.3, 0.4) is 0 Å². The summed E-state index contributed by atoms with van der Waals surface area (Å²) in [6, 6.07) is 23.1. The Kier molecular flexibility index (Phi) is 4.34. The molecular weight excluding hydrogens is 300 g/mol. The molecule has 3 nitrogen and oxygen atoms in total. The molecule has 0 aliphatic heterocycles. The van der Waals surface area contributed by atoms with E-state index in [2.05, 4.69) is 24.3 Å². The zero-order valence-electron chi connectivity index (χ0n) is 13.3. The summed E-state index contributed by atoms with van der Waals surface area (Å²) in [4.78, 5) is 11.2. The lowest BCUT2D eigenvalue weighted by Crippen LogP contribution is -2.01. The van der Waals surface area contributed by atoms with Crippen LogP contribution >= 0.6 is 0 Å². The second-order valence-corrected chi connectivity index (χ2v) is 5.79. The van der Waals surface area contributed by atoms with Crippen LogP contribution in [-0.2, 0) is 0 Å². The van der Waals surface area contributed by atoms with Gasteiger partial charge in [-0.05, 0) is 34.4 Å². The number of hydrogen-bond acceptors (Lipinski definition) is 2. The highest BCUT2D eigenvalue weighted by molar-refractivity contribution is 5.91. The number of aromatic carboxylic acids is 1. The predicted octanol–water partition coefficient (Wildman–Crippen LogP) is 4.91. The molecule has 3 heteroatoms. The van der Waals surface area contributed by atoms with E-state index in [1.165, 1.54) is 12.1 Å². The molecule has 0 fully saturated rings. The van der Waals surface area contributed by atoms with E-state index in [1.54, 1.807) is 6.07 Å². The maximum atomic E-state index is 11.2. The van der Waals surface area contributed by atoms with Crippen molar-refractivity contribution >= 4 is 5.97 Å². The third-order valence-electron chi connectivity index (χ3n) is 4.24. The van der Waals surface area contributed by atoms with Gasteiger partial charge < -0.3 is 10.2 Å². The lowest BCUT2D eigenvalue weighted by atomic mass is 9.90. The number of carboxylic acid groups (broad SMARTS) is 1. The van der Waals surface area contributed by atoms with Gasteiger partial charge in [0.25, 0.3) is 0 Å². The number of rotatable bonds is 4. The van der Waals surface area contributed by atoms with Crippen LogP contribution in [0.1, 0.15) is 34.3 Å². The van der Waals surface area contributed by atoms with Gasteiger partial charge in [-0.25, -0.2) is 4.79 Å². The second-order valence-electron chi connectivity index (χ2n) is 5.79. The van der Waals surface area contributed by atoms with Gasteiger partial charge in [-0.2, -0.15) is 0 Å². The molecule has 120 valence electrons. The van der Waals surface area contributed by atoms with Gasteiger partial charge in [0.15, 0.2) is 0 Å². The van der Waals surface area contributed by atoms with Crippen molar-refractivity contribution in [2.24, 2.45) is 0 Å². The van der Waals surface area contributed by atoms with E-state index in [0.717, 1.165) is 22.3 Å². The van der Waals surface area contributed by atoms with Gasteiger partial charge in [-0.15, -0.1) is 0 Å². The third-order valence-corrected chi connectivity index (χ3v) is 4.24. The van der Waals surface area contributed by atoms with E-state index in [9.17, 15) is 15.0 Å². The minimum atomic E-state index is -1.13. The van der Waals surface area contributed by atoms with Crippen LogP contribution in [0.2, 0.25) is 0 Å². The lowest BCUT2D eigenvalue weighted by molar-refractivity contribution is 0.0693. The van der Waals surface area contributed by atoms with Gasteiger partial charge >= 0.3 is 5.97 Å². The van der Waals surface area contributed by atoms with E-state index in [4.69, 9.17) is 0 Å². The first-order valence-electron chi connectivity index (χ1n) is 7.78. The first kappa shape index (κ1) is 15.8. The fourth-order valence-electron chi connectivity index (χ4n) is 2.80. The lowest BCUT2D eigenvalue weighted by Gasteiger charge is -2.15. The molecule has 0 amide bonds. The minimum Gasteiger partial charge on any atom is -0.507 e. The molecule has 0 heterocycles. The van der Waals surface area contributed by atoms with Crippen molar-refractivity contribution < 1.29 is 15.0 Å². The first-order chi connectivity index (χ1) is 11.6. The van der Waals surface area contributed by atoms with E-state index >= 15 is 0 Å². The van der Waals surface area contributed by atoms with Crippen LogP contribution < -0.4 is 0 Å². The third kappa shape index (κ3) is 3.15. The molecule has 0 saturated heterocycles. The second kappa shape index (κ2) is 6.59. The molecule has 1 atom stereocenters. The Morgan fingerprint density at radius 1 is 0.833 bits per heavy atom. The Balaban J connectivity index is 1.98. The Bertz CT molecular complexity index is 869. The average molecular weight is 318 g/mol. The molecule has 0 aromatic heterocycles. The van der Waals surface area contributed by atoms with Gasteiger partial charge in [0.05, 0.1) is 0 Å². The number of phenols is 1. The molecule has 0 aliphatic carbocycles. The molecule has 0 aliphatic rings. The van der Waals surface area contributed by atoms with E-state index in [1.807, 2.05) is 37.3 Å². The highest BCUT2D eigenvalue weighted by Gasteiger charge is 2.15. The quantitative estimate of drug-likeness (QED) is 0.718. The summed E-state index contributed by atoms with van der Waals surface area (Å²) in [6.45, 7) is 2.03. The van der Waals surface area contributed by atoms with Crippen molar-refractivity contribution in [3.63, 3.8) is 0 Å². The summed E-state index contributed by atoms with van der Waals surface area (Å²) >= 11 is 0. The summed E-state index contributed by atoms with van der Waals surface area (Å²) in [5.41, 5.74) is 4.15. The number of hydrogen-bond donors (Lipinski definition) is 2. The molecule has 3 rings (SSSR count). The molecular formula is C21H18O3. The minimum absolute atomic E-state index is 0.0207. The predicted molar refractivity (Wildman–Crippen MR) is 94.5 cm³/mol. The number of aromatic hydroxyl groups is 1. The van der Waals surface area contributed by atoms with Gasteiger partial charge in [0.2, 0.25) is 0 Å². The fraction of sp³-hybridized carbons (Fsp3) is 0.0952. The average Bonchev–Trinajstić information content (AvgIpc) is 2.62. The van der Waals surface area contributed by atoms with Crippen molar-refractivity contribution in [2.45, 2.75) is 12.8 Å². The SMILES string of the molecule is CC(c1cccc(-c2ccccc2)c1)c1ccc(O)c(C(=O)O)c1. The summed E-state index contributed by atoms with van der Waals surface area (Å²) in [5, 5.41) is 18.8. The van der Waals surface area contributed by atoms with Gasteiger partial charge in [-0.3, -0.25) is 0 Å². The Labute approximate surface area is 140 Å². The Morgan fingerprint density at radius 3 is 2.21 bits per heavy atom. The number of carboxylic acids is 1. The normalized spacial score (nSPS) is 11.9. The van der Waals surface area contributed by atoms with Gasteiger partial charge in [0.1, 0.15) is 11.3 Å². The zero-order chi connectivity index (χ0) is 17.1. The van der Waals surface area contributed by atoms with Crippen molar-refractivity contribution in [3.05, 3.63) is 89.5 Å². The van der Waals surface area contributed by atoms with Crippen LogP contribution in [0.5, 0.6) is 5.75 Å². The molecule has 0 radical (unpaired) electrons. The topological polar surface area (TPSA) is 57.5 Å². The summed E-state index contributed by atoms with van der Waals surface area (Å²) in [7, 11) is 0. The summed E-state index contributed by atoms with van der Waals surface area (Å²) < 4.78 is 0. The summed E-state index contributed by atoms with van der Waals surface area (Å²) in [5.74, 6) is -1.32. The van der Waals surface area contributed by atoms with Crippen LogP contribution in [0.4, 0.5) is 0 Å². The van der Waals surface area contributed by atoms with Crippen molar-refractivity contribution in [1.29, 1.82) is 0 Å². The maximum Gasteiger partial charge on any atom is 0.339 e. The molecule has 3 aromatic rings. The van der Waals surface area contributed by atoms with E-state index < -0.39 is 5.97 Å². The van der Waals surface area contributed by atoms with Crippen LogP contribution in [0.15, 0.2) is 72.8 Å².